The maximum Gasteiger partial charge on any atom is 0.149 e. The third-order valence-electron chi connectivity index (χ3n) is 2.11. The van der Waals surface area contributed by atoms with Gasteiger partial charge in [-0.3, -0.25) is 0 Å². The monoisotopic (exact) mass is 201 g/mol. The highest BCUT2D eigenvalue weighted by molar-refractivity contribution is 4.89. The fraction of sp³-hybridized carbons (Fsp3) is 0.900. The molecule has 0 bridgehead atoms. The van der Waals surface area contributed by atoms with E-state index in [9.17, 15) is 5.11 Å². The lowest BCUT2D eigenvalue weighted by molar-refractivity contribution is -0.0663. The molecule has 0 fully saturated rings. The second-order valence-electron chi connectivity index (χ2n) is 3.56. The second kappa shape index (κ2) is 6.77. The number of aliphatic hydroxyl groups excluding tert-OH is 1. The van der Waals surface area contributed by atoms with Gasteiger partial charge in [0.2, 0.25) is 0 Å². The molecule has 0 spiro atoms. The first-order chi connectivity index (χ1) is 6.52. The van der Waals surface area contributed by atoms with Crippen LogP contribution < -0.4 is 0 Å². The Morgan fingerprint density at radius 2 is 1.93 bits per heavy atom. The number of rotatable bonds is 6. The van der Waals surface area contributed by atoms with Crippen LogP contribution in [0.1, 0.15) is 20.8 Å². The summed E-state index contributed by atoms with van der Waals surface area (Å²) in [6, 6.07) is 2.06. The van der Waals surface area contributed by atoms with Gasteiger partial charge in [0, 0.05) is 13.0 Å². The molecule has 4 unspecified atom stereocenters. The molecular weight excluding hydrogens is 182 g/mol. The number of nitrogens with zero attached hydrogens (tertiary/aromatic N) is 1. The SMILES string of the molecule is COCC(C)C(C#N)OC(C)C(C)O. The molecule has 0 amide bonds. The zero-order chi connectivity index (χ0) is 11.1. The number of hydrogen-bond donors (Lipinski definition) is 1. The predicted octanol–water partition coefficient (Wildman–Crippen LogP) is 0.947. The van der Waals surface area contributed by atoms with Crippen LogP contribution in [0, 0.1) is 17.2 Å². The summed E-state index contributed by atoms with van der Waals surface area (Å²) in [5.74, 6) is 0.00574. The highest BCUT2D eigenvalue weighted by Crippen LogP contribution is 2.11. The normalized spacial score (nSPS) is 19.4. The van der Waals surface area contributed by atoms with Crippen molar-refractivity contribution in [2.75, 3.05) is 13.7 Å². The minimum Gasteiger partial charge on any atom is -0.391 e. The summed E-state index contributed by atoms with van der Waals surface area (Å²) in [4.78, 5) is 0. The molecule has 0 saturated heterocycles. The Kier molecular flexibility index (Phi) is 6.46. The van der Waals surface area contributed by atoms with Crippen molar-refractivity contribution in [2.24, 2.45) is 5.92 Å². The van der Waals surface area contributed by atoms with Crippen molar-refractivity contribution >= 4 is 0 Å². The van der Waals surface area contributed by atoms with Crippen LogP contribution in [0.25, 0.3) is 0 Å². The summed E-state index contributed by atoms with van der Waals surface area (Å²) >= 11 is 0. The molecule has 0 aromatic rings. The molecular formula is C10H19NO3. The van der Waals surface area contributed by atoms with Crippen molar-refractivity contribution in [1.29, 1.82) is 5.26 Å². The molecule has 0 aromatic carbocycles. The fourth-order valence-electron chi connectivity index (χ4n) is 0.987. The molecule has 0 rings (SSSR count). The molecule has 0 aliphatic carbocycles. The molecule has 0 aliphatic rings. The van der Waals surface area contributed by atoms with Gasteiger partial charge < -0.3 is 14.6 Å². The van der Waals surface area contributed by atoms with Gasteiger partial charge in [-0.1, -0.05) is 6.92 Å². The lowest BCUT2D eigenvalue weighted by Gasteiger charge is -2.23. The second-order valence-corrected chi connectivity index (χ2v) is 3.56. The predicted molar refractivity (Wildman–Crippen MR) is 52.7 cm³/mol. The van der Waals surface area contributed by atoms with Gasteiger partial charge in [0.1, 0.15) is 6.10 Å². The van der Waals surface area contributed by atoms with Crippen molar-refractivity contribution in [3.05, 3.63) is 0 Å². The van der Waals surface area contributed by atoms with Crippen LogP contribution in [-0.2, 0) is 9.47 Å². The Bertz CT molecular complexity index is 188. The van der Waals surface area contributed by atoms with E-state index in [0.29, 0.717) is 6.61 Å². The maximum absolute atomic E-state index is 9.21. The molecule has 14 heavy (non-hydrogen) atoms. The Morgan fingerprint density at radius 3 is 2.29 bits per heavy atom. The average molecular weight is 201 g/mol. The van der Waals surface area contributed by atoms with E-state index in [1.165, 1.54) is 0 Å². The highest BCUT2D eigenvalue weighted by Gasteiger charge is 2.21. The quantitative estimate of drug-likeness (QED) is 0.695. The molecule has 4 nitrogen and oxygen atoms in total. The lowest BCUT2D eigenvalue weighted by Crippen LogP contribution is -2.32. The van der Waals surface area contributed by atoms with Crippen molar-refractivity contribution in [1.82, 2.24) is 0 Å². The molecule has 4 heteroatoms. The fourth-order valence-corrected chi connectivity index (χ4v) is 0.987. The number of nitriles is 1. The van der Waals surface area contributed by atoms with Gasteiger partial charge in [0.15, 0.2) is 0 Å². The first kappa shape index (κ1) is 13.4. The topological polar surface area (TPSA) is 62.5 Å². The zero-order valence-corrected chi connectivity index (χ0v) is 9.23. The molecule has 1 N–H and O–H groups in total. The number of methoxy groups -OCH3 is 1. The lowest BCUT2D eigenvalue weighted by atomic mass is 10.1. The minimum atomic E-state index is -0.569. The molecule has 0 saturated carbocycles. The van der Waals surface area contributed by atoms with Crippen molar-refractivity contribution in [3.8, 4) is 6.07 Å². The molecule has 0 aliphatic heterocycles. The standard InChI is InChI=1S/C10H19NO3/c1-7(6-13-4)10(5-11)14-9(3)8(2)12/h7-10,12H,6H2,1-4H3. The number of hydrogen-bond acceptors (Lipinski definition) is 4. The van der Waals surface area contributed by atoms with Gasteiger partial charge in [-0.25, -0.2) is 0 Å². The smallest absolute Gasteiger partial charge is 0.149 e. The highest BCUT2D eigenvalue weighted by atomic mass is 16.5. The van der Waals surface area contributed by atoms with Gasteiger partial charge >= 0.3 is 0 Å². The minimum absolute atomic E-state index is 0.00574. The van der Waals surface area contributed by atoms with Crippen LogP contribution in [0.5, 0.6) is 0 Å². The third kappa shape index (κ3) is 4.56. The van der Waals surface area contributed by atoms with E-state index >= 15 is 0 Å². The largest absolute Gasteiger partial charge is 0.391 e. The average Bonchev–Trinajstić information content (AvgIpc) is 2.13. The van der Waals surface area contributed by atoms with Crippen molar-refractivity contribution in [3.63, 3.8) is 0 Å². The summed E-state index contributed by atoms with van der Waals surface area (Å²) < 4.78 is 10.3. The molecule has 0 aromatic heterocycles. The Labute approximate surface area is 85.4 Å². The first-order valence-electron chi connectivity index (χ1n) is 4.75. The van der Waals surface area contributed by atoms with E-state index in [1.807, 2.05) is 6.92 Å². The van der Waals surface area contributed by atoms with Crippen LogP contribution in [0.4, 0.5) is 0 Å². The van der Waals surface area contributed by atoms with E-state index in [-0.39, 0.29) is 12.0 Å². The van der Waals surface area contributed by atoms with Gasteiger partial charge in [0.05, 0.1) is 24.9 Å². The van der Waals surface area contributed by atoms with Crippen molar-refractivity contribution in [2.45, 2.75) is 39.1 Å². The molecule has 82 valence electrons. The summed E-state index contributed by atoms with van der Waals surface area (Å²) in [6.07, 6.45) is -1.43. The van der Waals surface area contributed by atoms with Crippen LogP contribution in [0.3, 0.4) is 0 Å². The Balaban J connectivity index is 4.09. The van der Waals surface area contributed by atoms with Crippen LogP contribution in [0.15, 0.2) is 0 Å². The summed E-state index contributed by atoms with van der Waals surface area (Å²) in [7, 11) is 1.59. The van der Waals surface area contributed by atoms with E-state index < -0.39 is 12.2 Å². The van der Waals surface area contributed by atoms with E-state index in [1.54, 1.807) is 21.0 Å². The van der Waals surface area contributed by atoms with Crippen LogP contribution >= 0.6 is 0 Å². The zero-order valence-electron chi connectivity index (χ0n) is 9.23. The summed E-state index contributed by atoms with van der Waals surface area (Å²) in [5.41, 5.74) is 0. The summed E-state index contributed by atoms with van der Waals surface area (Å²) in [5, 5.41) is 18.1. The number of ether oxygens (including phenoxy) is 2. The Morgan fingerprint density at radius 1 is 1.36 bits per heavy atom. The van der Waals surface area contributed by atoms with Gasteiger partial charge in [-0.2, -0.15) is 5.26 Å². The van der Waals surface area contributed by atoms with Crippen molar-refractivity contribution < 1.29 is 14.6 Å². The first-order valence-corrected chi connectivity index (χ1v) is 4.75. The van der Waals surface area contributed by atoms with Gasteiger partial charge in [-0.05, 0) is 13.8 Å². The Hall–Kier alpha value is -0.630. The van der Waals surface area contributed by atoms with Crippen LogP contribution in [-0.4, -0.2) is 37.1 Å². The van der Waals surface area contributed by atoms with E-state index in [2.05, 4.69) is 6.07 Å². The van der Waals surface area contributed by atoms with E-state index in [0.717, 1.165) is 0 Å². The molecule has 4 atom stereocenters. The molecule has 0 radical (unpaired) electrons. The molecule has 0 heterocycles. The van der Waals surface area contributed by atoms with Gasteiger partial charge in [-0.15, -0.1) is 0 Å². The van der Waals surface area contributed by atoms with Gasteiger partial charge in [0.25, 0.3) is 0 Å². The summed E-state index contributed by atoms with van der Waals surface area (Å²) in [6.45, 7) is 5.74. The van der Waals surface area contributed by atoms with Crippen LogP contribution in [0.2, 0.25) is 0 Å². The maximum atomic E-state index is 9.21. The number of aliphatic hydroxyl groups is 1. The van der Waals surface area contributed by atoms with E-state index in [4.69, 9.17) is 14.7 Å². The third-order valence-corrected chi connectivity index (χ3v) is 2.11.